The normalized spacial score (nSPS) is 16.0. The number of nitrogens with zero attached hydrogens (tertiary/aromatic N) is 3. The Morgan fingerprint density at radius 3 is 2.58 bits per heavy atom. The van der Waals surface area contributed by atoms with Crippen LogP contribution in [0, 0.1) is 0 Å². The third kappa shape index (κ3) is 4.31. The molecule has 1 aliphatic heterocycles. The van der Waals surface area contributed by atoms with Gasteiger partial charge in [-0.05, 0) is 48.9 Å². The second-order valence-electron chi connectivity index (χ2n) is 6.78. The molecule has 1 aromatic heterocycles. The summed E-state index contributed by atoms with van der Waals surface area (Å²) in [5.74, 6) is -1.88. The van der Waals surface area contributed by atoms with Gasteiger partial charge in [0.25, 0.3) is 11.7 Å². The third-order valence-electron chi connectivity index (χ3n) is 4.62. The zero-order valence-electron chi connectivity index (χ0n) is 15.8. The molecule has 3 aromatic rings. The molecule has 0 fully saturated rings. The highest BCUT2D eigenvalue weighted by Crippen LogP contribution is 2.38. The summed E-state index contributed by atoms with van der Waals surface area (Å²) in [4.78, 5) is 16.8. The van der Waals surface area contributed by atoms with Gasteiger partial charge in [-0.2, -0.15) is 18.2 Å². The Balaban J connectivity index is 1.81. The van der Waals surface area contributed by atoms with Crippen molar-refractivity contribution in [2.45, 2.75) is 19.1 Å². The number of hydrogen-bond acceptors (Lipinski definition) is 4. The number of carbonyl (C=O) groups is 1. The minimum absolute atomic E-state index is 0.0992. The Hall–Kier alpha value is -2.85. The molecule has 0 spiro atoms. The molecule has 1 aliphatic rings. The van der Waals surface area contributed by atoms with Crippen molar-refractivity contribution in [3.8, 4) is 0 Å². The van der Waals surface area contributed by atoms with Crippen molar-refractivity contribution in [1.29, 1.82) is 0 Å². The first-order valence-electron chi connectivity index (χ1n) is 8.97. The molecule has 2 heterocycles. The number of fused-ring (bicyclic) bond motifs is 1. The molecular formula is C20H14BrClF3N5O. The number of allylic oxidation sites excluding steroid dienone is 1. The third-order valence-corrected chi connectivity index (χ3v) is 5.36. The Kier molecular flexibility index (Phi) is 5.52. The Morgan fingerprint density at radius 2 is 1.94 bits per heavy atom. The number of benzene rings is 2. The highest BCUT2D eigenvalue weighted by atomic mass is 79.9. The van der Waals surface area contributed by atoms with Gasteiger partial charge in [-0.15, -0.1) is 5.10 Å². The lowest BCUT2D eigenvalue weighted by atomic mass is 9.95. The van der Waals surface area contributed by atoms with Crippen molar-refractivity contribution in [3.05, 3.63) is 80.7 Å². The molecule has 2 aromatic carbocycles. The molecule has 0 aliphatic carbocycles. The second kappa shape index (κ2) is 8.01. The molecule has 160 valence electrons. The largest absolute Gasteiger partial charge is 0.453 e. The van der Waals surface area contributed by atoms with E-state index in [-0.39, 0.29) is 11.5 Å². The van der Waals surface area contributed by atoms with E-state index in [4.69, 9.17) is 11.6 Å². The number of carbonyl (C=O) groups excluding carboxylic acids is 1. The highest BCUT2D eigenvalue weighted by Gasteiger charge is 2.41. The lowest BCUT2D eigenvalue weighted by Crippen LogP contribution is -2.31. The molecule has 0 saturated carbocycles. The molecule has 4 rings (SSSR count). The molecular weight excluding hydrogens is 499 g/mol. The molecule has 31 heavy (non-hydrogen) atoms. The van der Waals surface area contributed by atoms with Crippen LogP contribution in [0.15, 0.2) is 64.3 Å². The molecule has 1 atom stereocenters. The zero-order valence-corrected chi connectivity index (χ0v) is 18.2. The van der Waals surface area contributed by atoms with E-state index < -0.39 is 23.9 Å². The van der Waals surface area contributed by atoms with Gasteiger partial charge < -0.3 is 10.6 Å². The van der Waals surface area contributed by atoms with E-state index in [0.717, 1.165) is 4.68 Å². The Morgan fingerprint density at radius 1 is 1.23 bits per heavy atom. The van der Waals surface area contributed by atoms with Crippen LogP contribution in [0.25, 0.3) is 0 Å². The van der Waals surface area contributed by atoms with Crippen molar-refractivity contribution in [2.75, 3.05) is 10.6 Å². The summed E-state index contributed by atoms with van der Waals surface area (Å²) in [5.41, 5.74) is 1.63. The average molecular weight is 513 g/mol. The van der Waals surface area contributed by atoms with Crippen LogP contribution in [0.3, 0.4) is 0 Å². The summed E-state index contributed by atoms with van der Waals surface area (Å²) in [6, 6.07) is 12.5. The summed E-state index contributed by atoms with van der Waals surface area (Å²) in [6.45, 7) is 1.60. The van der Waals surface area contributed by atoms with E-state index in [0.29, 0.717) is 26.4 Å². The number of alkyl halides is 3. The van der Waals surface area contributed by atoms with Crippen molar-refractivity contribution in [3.63, 3.8) is 0 Å². The van der Waals surface area contributed by atoms with Crippen LogP contribution in [0.2, 0.25) is 5.02 Å². The number of amides is 1. The molecule has 0 unspecified atom stereocenters. The predicted octanol–water partition coefficient (Wildman–Crippen LogP) is 5.64. The van der Waals surface area contributed by atoms with E-state index in [2.05, 4.69) is 36.6 Å². The highest BCUT2D eigenvalue weighted by molar-refractivity contribution is 9.10. The fraction of sp³-hybridized carbons (Fsp3) is 0.150. The lowest BCUT2D eigenvalue weighted by molar-refractivity contribution is -0.145. The fourth-order valence-corrected chi connectivity index (χ4v) is 3.82. The topological polar surface area (TPSA) is 71.8 Å². The van der Waals surface area contributed by atoms with Crippen LogP contribution in [0.5, 0.6) is 0 Å². The summed E-state index contributed by atoms with van der Waals surface area (Å²) in [6.07, 6.45) is -4.73. The fourth-order valence-electron chi connectivity index (χ4n) is 3.28. The molecule has 0 radical (unpaired) electrons. The maximum absolute atomic E-state index is 13.3. The predicted molar refractivity (Wildman–Crippen MR) is 114 cm³/mol. The van der Waals surface area contributed by atoms with Gasteiger partial charge in [-0.3, -0.25) is 4.79 Å². The summed E-state index contributed by atoms with van der Waals surface area (Å²) in [5, 5.41) is 9.70. The molecule has 11 heteroatoms. The van der Waals surface area contributed by atoms with Gasteiger partial charge >= 0.3 is 6.18 Å². The monoisotopic (exact) mass is 511 g/mol. The first-order valence-corrected chi connectivity index (χ1v) is 10.1. The van der Waals surface area contributed by atoms with E-state index in [9.17, 15) is 18.0 Å². The number of anilines is 2. The Labute approximate surface area is 188 Å². The molecule has 1 amide bonds. The number of rotatable bonds is 3. The minimum Gasteiger partial charge on any atom is -0.328 e. The second-order valence-corrected chi connectivity index (χ2v) is 8.14. The van der Waals surface area contributed by atoms with Gasteiger partial charge in [0.2, 0.25) is 5.95 Å². The van der Waals surface area contributed by atoms with E-state index in [1.165, 1.54) is 0 Å². The maximum Gasteiger partial charge on any atom is 0.453 e. The first-order chi connectivity index (χ1) is 14.6. The molecule has 0 bridgehead atoms. The van der Waals surface area contributed by atoms with Gasteiger partial charge in [0.15, 0.2) is 0 Å². The van der Waals surface area contributed by atoms with Crippen LogP contribution in [0.1, 0.15) is 24.4 Å². The Bertz CT molecular complexity index is 1190. The number of halogens is 5. The molecule has 2 N–H and O–H groups in total. The van der Waals surface area contributed by atoms with Gasteiger partial charge in [0.1, 0.15) is 6.04 Å². The van der Waals surface area contributed by atoms with Gasteiger partial charge in [0.05, 0.1) is 5.57 Å². The number of nitrogens with one attached hydrogen (secondary N) is 2. The quantitative estimate of drug-likeness (QED) is 0.476. The van der Waals surface area contributed by atoms with Crippen LogP contribution in [0.4, 0.5) is 24.8 Å². The van der Waals surface area contributed by atoms with Crippen LogP contribution >= 0.6 is 27.5 Å². The zero-order chi connectivity index (χ0) is 22.3. The SMILES string of the molecule is CC1=C(C(=O)Nc2ccc(Cl)cc2)[C@@H](c2cccc(Br)c2)n2nc(C(F)(F)F)nc2N1. The van der Waals surface area contributed by atoms with Crippen LogP contribution in [-0.4, -0.2) is 20.7 Å². The number of aromatic nitrogens is 3. The van der Waals surface area contributed by atoms with Crippen molar-refractivity contribution < 1.29 is 18.0 Å². The van der Waals surface area contributed by atoms with Gasteiger partial charge in [-0.25, -0.2) is 4.68 Å². The van der Waals surface area contributed by atoms with E-state index >= 15 is 0 Å². The summed E-state index contributed by atoms with van der Waals surface area (Å²) in [7, 11) is 0. The van der Waals surface area contributed by atoms with Crippen molar-refractivity contribution in [1.82, 2.24) is 14.8 Å². The van der Waals surface area contributed by atoms with Crippen LogP contribution in [-0.2, 0) is 11.0 Å². The number of hydrogen-bond donors (Lipinski definition) is 2. The van der Waals surface area contributed by atoms with Gasteiger partial charge in [-0.1, -0.05) is 39.7 Å². The smallest absolute Gasteiger partial charge is 0.328 e. The van der Waals surface area contributed by atoms with Crippen LogP contribution < -0.4 is 10.6 Å². The summed E-state index contributed by atoms with van der Waals surface area (Å²) >= 11 is 9.25. The van der Waals surface area contributed by atoms with Crippen molar-refractivity contribution >= 4 is 45.1 Å². The van der Waals surface area contributed by atoms with E-state index in [1.807, 2.05) is 0 Å². The lowest BCUT2D eigenvalue weighted by Gasteiger charge is -2.28. The van der Waals surface area contributed by atoms with Crippen molar-refractivity contribution in [2.24, 2.45) is 0 Å². The van der Waals surface area contributed by atoms with E-state index in [1.54, 1.807) is 55.5 Å². The first kappa shape index (κ1) is 21.4. The minimum atomic E-state index is -4.73. The molecule has 6 nitrogen and oxygen atoms in total. The standard InChI is InChI=1S/C20H14BrClF3N5O/c1-10-15(17(31)27-14-7-5-13(22)6-8-14)16(11-3-2-4-12(21)9-11)30-19(26-10)28-18(29-30)20(23,24)25/h2-9,16H,1H3,(H,27,31)(H,26,28,29)/t16-/m1/s1. The average Bonchev–Trinajstić information content (AvgIpc) is 3.12. The summed E-state index contributed by atoms with van der Waals surface area (Å²) < 4.78 is 41.6. The maximum atomic E-state index is 13.3. The molecule has 0 saturated heterocycles. The van der Waals surface area contributed by atoms with Gasteiger partial charge in [0, 0.05) is 20.9 Å².